The average molecular weight is 414 g/mol. The first kappa shape index (κ1) is 18.4. The van der Waals surface area contributed by atoms with E-state index in [9.17, 15) is 4.79 Å². The first-order valence-electron chi connectivity index (χ1n) is 9.76. The molecule has 0 bridgehead atoms. The van der Waals surface area contributed by atoms with Crippen LogP contribution in [0.1, 0.15) is 20.9 Å². The number of hydrogen-bond acceptors (Lipinski definition) is 5. The van der Waals surface area contributed by atoms with Crippen molar-refractivity contribution in [1.29, 1.82) is 0 Å². The molecule has 30 heavy (non-hydrogen) atoms. The van der Waals surface area contributed by atoms with Crippen LogP contribution in [0.25, 0.3) is 21.3 Å². The number of hydrogen-bond donors (Lipinski definition) is 1. The van der Waals surface area contributed by atoms with Gasteiger partial charge in [-0.05, 0) is 42.0 Å². The number of rotatable bonds is 6. The van der Waals surface area contributed by atoms with Gasteiger partial charge in [-0.2, -0.15) is 0 Å². The third kappa shape index (κ3) is 3.79. The van der Waals surface area contributed by atoms with Crippen molar-refractivity contribution in [3.05, 3.63) is 88.9 Å². The van der Waals surface area contributed by atoms with E-state index < -0.39 is 0 Å². The lowest BCUT2D eigenvalue weighted by Crippen LogP contribution is -2.25. The Labute approximate surface area is 177 Å². The molecule has 148 valence electrons. The lowest BCUT2D eigenvalue weighted by molar-refractivity contribution is 0.0954. The summed E-state index contributed by atoms with van der Waals surface area (Å²) in [5.74, 6) is -0.0751. The topological polar surface area (TPSA) is 72.7 Å². The van der Waals surface area contributed by atoms with Crippen molar-refractivity contribution in [1.82, 2.24) is 25.3 Å². The highest BCUT2D eigenvalue weighted by molar-refractivity contribution is 7.18. The molecule has 7 heteroatoms. The van der Waals surface area contributed by atoms with Crippen LogP contribution in [-0.4, -0.2) is 32.4 Å². The van der Waals surface area contributed by atoms with Crippen molar-refractivity contribution < 1.29 is 4.79 Å². The maximum Gasteiger partial charge on any atom is 0.251 e. The Bertz CT molecular complexity index is 1290. The van der Waals surface area contributed by atoms with E-state index in [-0.39, 0.29) is 5.91 Å². The zero-order chi connectivity index (χ0) is 20.3. The minimum absolute atomic E-state index is 0.0751. The third-order valence-corrected chi connectivity index (χ3v) is 6.03. The van der Waals surface area contributed by atoms with E-state index in [0.29, 0.717) is 18.7 Å². The van der Waals surface area contributed by atoms with Gasteiger partial charge in [0, 0.05) is 18.5 Å². The smallest absolute Gasteiger partial charge is 0.251 e. The van der Waals surface area contributed by atoms with Crippen LogP contribution in [0.4, 0.5) is 0 Å². The molecule has 0 spiro atoms. The van der Waals surface area contributed by atoms with Crippen LogP contribution < -0.4 is 5.32 Å². The molecule has 6 nitrogen and oxygen atoms in total. The van der Waals surface area contributed by atoms with Crippen LogP contribution in [0, 0.1) is 0 Å². The van der Waals surface area contributed by atoms with E-state index in [1.165, 1.54) is 4.70 Å². The summed E-state index contributed by atoms with van der Waals surface area (Å²) in [7, 11) is 0. The van der Waals surface area contributed by atoms with Crippen molar-refractivity contribution >= 4 is 38.5 Å². The van der Waals surface area contributed by atoms with Gasteiger partial charge in [-0.25, -0.2) is 9.67 Å². The first-order chi connectivity index (χ1) is 14.8. The summed E-state index contributed by atoms with van der Waals surface area (Å²) in [5, 5.41) is 12.4. The predicted molar refractivity (Wildman–Crippen MR) is 119 cm³/mol. The summed E-state index contributed by atoms with van der Waals surface area (Å²) in [6, 6.07) is 23.6. The highest BCUT2D eigenvalue weighted by Gasteiger charge is 2.08. The van der Waals surface area contributed by atoms with Gasteiger partial charge < -0.3 is 5.32 Å². The number of nitrogens with one attached hydrogen (secondary N) is 1. The fourth-order valence-electron chi connectivity index (χ4n) is 3.38. The largest absolute Gasteiger partial charge is 0.352 e. The molecular formula is C23H19N5OS. The van der Waals surface area contributed by atoms with Gasteiger partial charge in [0.25, 0.3) is 5.91 Å². The Morgan fingerprint density at radius 2 is 1.70 bits per heavy atom. The maximum atomic E-state index is 12.5. The van der Waals surface area contributed by atoms with Gasteiger partial charge in [-0.3, -0.25) is 4.79 Å². The molecule has 0 atom stereocenters. The lowest BCUT2D eigenvalue weighted by atomic mass is 10.1. The lowest BCUT2D eigenvalue weighted by Gasteiger charge is -2.06. The van der Waals surface area contributed by atoms with Crippen molar-refractivity contribution in [2.24, 2.45) is 0 Å². The summed E-state index contributed by atoms with van der Waals surface area (Å²) in [6.07, 6.45) is 0.725. The molecule has 1 amide bonds. The Hall–Kier alpha value is -3.58. The van der Waals surface area contributed by atoms with Crippen molar-refractivity contribution in [2.75, 3.05) is 6.54 Å². The number of aromatic nitrogens is 4. The molecule has 0 radical (unpaired) electrons. The molecule has 2 heterocycles. The van der Waals surface area contributed by atoms with Crippen molar-refractivity contribution in [3.8, 4) is 0 Å². The number of nitrogens with zero attached hydrogens (tertiary/aromatic N) is 4. The molecule has 5 rings (SSSR count). The summed E-state index contributed by atoms with van der Waals surface area (Å²) < 4.78 is 3.04. The zero-order valence-electron chi connectivity index (χ0n) is 16.2. The molecule has 0 aliphatic heterocycles. The summed E-state index contributed by atoms with van der Waals surface area (Å²) in [5.41, 5.74) is 4.60. The Morgan fingerprint density at radius 3 is 2.53 bits per heavy atom. The summed E-state index contributed by atoms with van der Waals surface area (Å²) in [4.78, 5) is 17.1. The first-order valence-corrected chi connectivity index (χ1v) is 10.6. The van der Waals surface area contributed by atoms with Crippen LogP contribution >= 0.6 is 11.3 Å². The molecule has 3 aromatic carbocycles. The van der Waals surface area contributed by atoms with Gasteiger partial charge in [0.15, 0.2) is 0 Å². The Kier molecular flexibility index (Phi) is 4.94. The summed E-state index contributed by atoms with van der Waals surface area (Å²) >= 11 is 1.67. The van der Waals surface area contributed by atoms with E-state index in [4.69, 9.17) is 0 Å². The van der Waals surface area contributed by atoms with Gasteiger partial charge in [-0.1, -0.05) is 41.6 Å². The quantitative estimate of drug-likeness (QED) is 0.456. The molecule has 2 aromatic heterocycles. The van der Waals surface area contributed by atoms with Crippen molar-refractivity contribution in [2.45, 2.75) is 13.0 Å². The molecule has 0 saturated heterocycles. The molecule has 0 aliphatic carbocycles. The number of carbonyl (C=O) groups is 1. The Balaban J connectivity index is 1.19. The highest BCUT2D eigenvalue weighted by atomic mass is 32.1. The normalized spacial score (nSPS) is 11.2. The van der Waals surface area contributed by atoms with E-state index in [1.807, 2.05) is 71.4 Å². The second kappa shape index (κ2) is 8.04. The average Bonchev–Trinajstić information content (AvgIpc) is 3.38. The van der Waals surface area contributed by atoms with Gasteiger partial charge >= 0.3 is 0 Å². The van der Waals surface area contributed by atoms with Crippen LogP contribution in [0.5, 0.6) is 0 Å². The minimum Gasteiger partial charge on any atom is -0.352 e. The maximum absolute atomic E-state index is 12.5. The van der Waals surface area contributed by atoms with Crippen LogP contribution in [-0.2, 0) is 13.0 Å². The number of carbonyl (C=O) groups excluding carboxylic acids is 1. The van der Waals surface area contributed by atoms with Gasteiger partial charge in [0.05, 0.1) is 27.3 Å². The van der Waals surface area contributed by atoms with Crippen molar-refractivity contribution in [3.63, 3.8) is 0 Å². The molecule has 0 fully saturated rings. The van der Waals surface area contributed by atoms with Gasteiger partial charge in [0.2, 0.25) is 0 Å². The number of para-hydroxylation sites is 2. The second-order valence-electron chi connectivity index (χ2n) is 7.01. The van der Waals surface area contributed by atoms with Crippen LogP contribution in [0.2, 0.25) is 0 Å². The van der Waals surface area contributed by atoms with E-state index in [2.05, 4.69) is 26.7 Å². The minimum atomic E-state index is -0.0751. The molecular weight excluding hydrogens is 394 g/mol. The fraction of sp³-hybridized carbons (Fsp3) is 0.130. The van der Waals surface area contributed by atoms with Crippen LogP contribution in [0.3, 0.4) is 0 Å². The predicted octanol–water partition coefficient (Wildman–Crippen LogP) is 4.06. The number of fused-ring (bicyclic) bond motifs is 2. The molecule has 5 aromatic rings. The van der Waals surface area contributed by atoms with Gasteiger partial charge in [-0.15, -0.1) is 16.4 Å². The number of thiazole rings is 1. The standard InChI is InChI=1S/C23H19N5OS/c29-23(24-14-13-22-25-19-6-2-4-8-21(19)30-22)17-11-9-16(10-12-17)15-28-20-7-3-1-5-18(20)26-27-28/h1-12H,13-15H2,(H,24,29). The second-order valence-corrected chi connectivity index (χ2v) is 8.13. The SMILES string of the molecule is O=C(NCCc1nc2ccccc2s1)c1ccc(Cn2nnc3ccccc32)cc1. The van der Waals surface area contributed by atoms with Crippen LogP contribution in [0.15, 0.2) is 72.8 Å². The molecule has 1 N–H and O–H groups in total. The van der Waals surface area contributed by atoms with E-state index in [1.54, 1.807) is 11.3 Å². The van der Waals surface area contributed by atoms with E-state index >= 15 is 0 Å². The third-order valence-electron chi connectivity index (χ3n) is 4.93. The van der Waals surface area contributed by atoms with Gasteiger partial charge in [0.1, 0.15) is 5.52 Å². The molecule has 0 saturated carbocycles. The Morgan fingerprint density at radius 1 is 0.933 bits per heavy atom. The monoisotopic (exact) mass is 413 g/mol. The summed E-state index contributed by atoms with van der Waals surface area (Å²) in [6.45, 7) is 1.17. The molecule has 0 unspecified atom stereocenters. The number of amides is 1. The fourth-order valence-corrected chi connectivity index (χ4v) is 4.35. The highest BCUT2D eigenvalue weighted by Crippen LogP contribution is 2.21. The molecule has 0 aliphatic rings. The number of benzene rings is 3. The zero-order valence-corrected chi connectivity index (χ0v) is 17.0. The van der Waals surface area contributed by atoms with E-state index in [0.717, 1.165) is 33.5 Å².